The fourth-order valence-corrected chi connectivity index (χ4v) is 2.10. The molecule has 0 spiro atoms. The third kappa shape index (κ3) is 2.29. The first kappa shape index (κ1) is 13.1. The number of fused-ring (bicyclic) bond motifs is 1. The van der Waals surface area contributed by atoms with Gasteiger partial charge in [-0.1, -0.05) is 18.2 Å². The van der Waals surface area contributed by atoms with Gasteiger partial charge in [-0.15, -0.1) is 0 Å². The van der Waals surface area contributed by atoms with Crippen LogP contribution in [0.4, 0.5) is 0 Å². The van der Waals surface area contributed by atoms with E-state index in [1.165, 1.54) is 6.07 Å². The standard InChI is InChI=1S/C16H12O5/c1-9-16(21-11-5-3-2-4-6-11)15(19)14-12(18)7-10(17)8-13(14)20-9/h2-8,17-18H,1H3. The Morgan fingerprint density at radius 1 is 1.10 bits per heavy atom. The third-order valence-electron chi connectivity index (χ3n) is 3.05. The molecular weight excluding hydrogens is 272 g/mol. The highest BCUT2D eigenvalue weighted by Gasteiger charge is 2.17. The average molecular weight is 284 g/mol. The summed E-state index contributed by atoms with van der Waals surface area (Å²) in [5, 5.41) is 19.3. The largest absolute Gasteiger partial charge is 0.508 e. The Hall–Kier alpha value is -2.95. The molecule has 0 atom stereocenters. The van der Waals surface area contributed by atoms with Crippen LogP contribution in [0.15, 0.2) is 51.7 Å². The summed E-state index contributed by atoms with van der Waals surface area (Å²) in [7, 11) is 0. The molecule has 0 saturated heterocycles. The number of ether oxygens (including phenoxy) is 1. The van der Waals surface area contributed by atoms with E-state index in [2.05, 4.69) is 0 Å². The molecule has 3 rings (SSSR count). The number of hydrogen-bond donors (Lipinski definition) is 2. The predicted molar refractivity (Wildman–Crippen MR) is 77.1 cm³/mol. The monoisotopic (exact) mass is 284 g/mol. The highest BCUT2D eigenvalue weighted by Crippen LogP contribution is 2.31. The van der Waals surface area contributed by atoms with Crippen LogP contribution in [0.1, 0.15) is 5.76 Å². The number of phenolic OH excluding ortho intramolecular Hbond substituents is 2. The van der Waals surface area contributed by atoms with E-state index in [1.807, 2.05) is 6.07 Å². The molecule has 2 aromatic carbocycles. The second kappa shape index (κ2) is 4.86. The first-order valence-corrected chi connectivity index (χ1v) is 6.28. The van der Waals surface area contributed by atoms with E-state index in [1.54, 1.807) is 31.2 Å². The lowest BCUT2D eigenvalue weighted by Crippen LogP contribution is -2.07. The molecule has 1 aromatic heterocycles. The van der Waals surface area contributed by atoms with Gasteiger partial charge in [0.1, 0.15) is 34.0 Å². The summed E-state index contributed by atoms with van der Waals surface area (Å²) in [5.41, 5.74) is -0.384. The smallest absolute Gasteiger partial charge is 0.239 e. The molecule has 0 fully saturated rings. The summed E-state index contributed by atoms with van der Waals surface area (Å²) >= 11 is 0. The molecule has 5 heteroatoms. The zero-order valence-electron chi connectivity index (χ0n) is 11.2. The molecular formula is C16H12O5. The first-order chi connectivity index (χ1) is 10.1. The van der Waals surface area contributed by atoms with Gasteiger partial charge in [0, 0.05) is 12.1 Å². The first-order valence-electron chi connectivity index (χ1n) is 6.28. The lowest BCUT2D eigenvalue weighted by molar-refractivity contribution is 0.428. The summed E-state index contributed by atoms with van der Waals surface area (Å²) in [6.45, 7) is 1.58. The van der Waals surface area contributed by atoms with Crippen molar-refractivity contribution in [2.24, 2.45) is 0 Å². The van der Waals surface area contributed by atoms with Crippen LogP contribution < -0.4 is 10.2 Å². The quantitative estimate of drug-likeness (QED) is 0.754. The number of rotatable bonds is 2. The summed E-state index contributed by atoms with van der Waals surface area (Å²) in [6, 6.07) is 11.2. The molecule has 0 aliphatic rings. The minimum atomic E-state index is -0.491. The van der Waals surface area contributed by atoms with Gasteiger partial charge in [-0.25, -0.2) is 0 Å². The van der Waals surface area contributed by atoms with Gasteiger partial charge >= 0.3 is 0 Å². The van der Waals surface area contributed by atoms with E-state index >= 15 is 0 Å². The fourth-order valence-electron chi connectivity index (χ4n) is 2.10. The molecule has 0 radical (unpaired) electrons. The minimum Gasteiger partial charge on any atom is -0.508 e. The summed E-state index contributed by atoms with van der Waals surface area (Å²) in [4.78, 5) is 12.5. The van der Waals surface area contributed by atoms with Gasteiger partial charge < -0.3 is 19.4 Å². The van der Waals surface area contributed by atoms with Crippen LogP contribution >= 0.6 is 0 Å². The van der Waals surface area contributed by atoms with E-state index in [4.69, 9.17) is 9.15 Å². The highest BCUT2D eigenvalue weighted by atomic mass is 16.5. The molecule has 0 unspecified atom stereocenters. The van der Waals surface area contributed by atoms with Crippen molar-refractivity contribution >= 4 is 11.0 Å². The number of para-hydroxylation sites is 1. The molecule has 2 N–H and O–H groups in total. The summed E-state index contributed by atoms with van der Waals surface area (Å²) in [5.74, 6) is 0.234. The minimum absolute atomic E-state index is 0.00897. The highest BCUT2D eigenvalue weighted by molar-refractivity contribution is 5.85. The van der Waals surface area contributed by atoms with Crippen LogP contribution in [-0.2, 0) is 0 Å². The van der Waals surface area contributed by atoms with E-state index in [0.717, 1.165) is 6.07 Å². The number of phenols is 2. The van der Waals surface area contributed by atoms with Crippen LogP contribution in [0.25, 0.3) is 11.0 Å². The molecule has 3 aromatic rings. The predicted octanol–water partition coefficient (Wildman–Crippen LogP) is 3.30. The lowest BCUT2D eigenvalue weighted by atomic mass is 10.2. The van der Waals surface area contributed by atoms with Crippen molar-refractivity contribution in [2.45, 2.75) is 6.92 Å². The van der Waals surface area contributed by atoms with Crippen molar-refractivity contribution in [2.75, 3.05) is 0 Å². The van der Waals surface area contributed by atoms with Crippen molar-refractivity contribution in [3.63, 3.8) is 0 Å². The Kier molecular flexibility index (Phi) is 3.02. The maximum Gasteiger partial charge on any atom is 0.239 e. The average Bonchev–Trinajstić information content (AvgIpc) is 2.43. The van der Waals surface area contributed by atoms with Gasteiger partial charge in [-0.2, -0.15) is 0 Å². The Morgan fingerprint density at radius 2 is 1.81 bits per heavy atom. The normalized spacial score (nSPS) is 10.7. The number of benzene rings is 2. The van der Waals surface area contributed by atoms with Crippen LogP contribution in [-0.4, -0.2) is 10.2 Å². The third-order valence-corrected chi connectivity index (χ3v) is 3.05. The number of aromatic hydroxyl groups is 2. The molecule has 106 valence electrons. The van der Waals surface area contributed by atoms with Gasteiger partial charge in [-0.3, -0.25) is 4.79 Å². The van der Waals surface area contributed by atoms with Crippen molar-refractivity contribution in [1.29, 1.82) is 0 Å². The van der Waals surface area contributed by atoms with Gasteiger partial charge in [-0.05, 0) is 19.1 Å². The second-order valence-electron chi connectivity index (χ2n) is 4.57. The van der Waals surface area contributed by atoms with Gasteiger partial charge in [0.25, 0.3) is 0 Å². The maximum atomic E-state index is 12.5. The zero-order valence-corrected chi connectivity index (χ0v) is 11.2. The van der Waals surface area contributed by atoms with Crippen molar-refractivity contribution < 1.29 is 19.4 Å². The Morgan fingerprint density at radius 3 is 2.52 bits per heavy atom. The van der Waals surface area contributed by atoms with Crippen LogP contribution in [0.5, 0.6) is 23.0 Å². The molecule has 0 bridgehead atoms. The van der Waals surface area contributed by atoms with Crippen molar-refractivity contribution in [3.05, 3.63) is 58.4 Å². The Labute approximate surface area is 119 Å². The molecule has 0 saturated carbocycles. The maximum absolute atomic E-state index is 12.5. The van der Waals surface area contributed by atoms with Crippen molar-refractivity contribution in [3.8, 4) is 23.0 Å². The molecule has 1 heterocycles. The van der Waals surface area contributed by atoms with E-state index in [-0.39, 0.29) is 34.0 Å². The van der Waals surface area contributed by atoms with Crippen LogP contribution in [0.3, 0.4) is 0 Å². The second-order valence-corrected chi connectivity index (χ2v) is 4.57. The molecule has 0 amide bonds. The topological polar surface area (TPSA) is 79.9 Å². The number of aryl methyl sites for hydroxylation is 1. The van der Waals surface area contributed by atoms with Gasteiger partial charge in [0.15, 0.2) is 0 Å². The lowest BCUT2D eigenvalue weighted by Gasteiger charge is -2.09. The summed E-state index contributed by atoms with van der Waals surface area (Å²) in [6.07, 6.45) is 0. The van der Waals surface area contributed by atoms with Crippen molar-refractivity contribution in [1.82, 2.24) is 0 Å². The number of hydrogen-bond acceptors (Lipinski definition) is 5. The Balaban J connectivity index is 2.22. The fraction of sp³-hybridized carbons (Fsp3) is 0.0625. The molecule has 5 nitrogen and oxygen atoms in total. The molecule has 0 aliphatic heterocycles. The van der Waals surface area contributed by atoms with E-state index in [9.17, 15) is 15.0 Å². The zero-order chi connectivity index (χ0) is 15.0. The van der Waals surface area contributed by atoms with Gasteiger partial charge in [0.05, 0.1) is 0 Å². The van der Waals surface area contributed by atoms with E-state index in [0.29, 0.717) is 5.75 Å². The summed E-state index contributed by atoms with van der Waals surface area (Å²) < 4.78 is 11.0. The van der Waals surface area contributed by atoms with Crippen LogP contribution in [0, 0.1) is 6.92 Å². The van der Waals surface area contributed by atoms with E-state index < -0.39 is 5.43 Å². The molecule has 21 heavy (non-hydrogen) atoms. The molecule has 0 aliphatic carbocycles. The van der Waals surface area contributed by atoms with Crippen LogP contribution in [0.2, 0.25) is 0 Å². The Bertz CT molecular complexity index is 865. The SMILES string of the molecule is Cc1oc2cc(O)cc(O)c2c(=O)c1Oc1ccccc1. The van der Waals surface area contributed by atoms with Gasteiger partial charge in [0.2, 0.25) is 11.2 Å².